The molecule has 0 unspecified atom stereocenters. The third kappa shape index (κ3) is 4.03. The maximum atomic E-state index is 5.74. The van der Waals surface area contributed by atoms with E-state index in [1.807, 2.05) is 6.07 Å². The first-order valence-electron chi connectivity index (χ1n) is 7.45. The Morgan fingerprint density at radius 1 is 0.905 bits per heavy atom. The molecule has 0 aliphatic carbocycles. The van der Waals surface area contributed by atoms with Gasteiger partial charge in [-0.2, -0.15) is 0 Å². The van der Waals surface area contributed by atoms with Crippen LogP contribution in [0.15, 0.2) is 60.7 Å². The number of rotatable bonds is 6. The van der Waals surface area contributed by atoms with Gasteiger partial charge in [-0.1, -0.05) is 73.8 Å². The van der Waals surface area contributed by atoms with Crippen LogP contribution in [0.5, 0.6) is 0 Å². The number of hydrogen-bond acceptors (Lipinski definition) is 2. The molecule has 0 aromatic heterocycles. The molecule has 0 heterocycles. The van der Waals surface area contributed by atoms with Gasteiger partial charge < -0.3 is 9.72 Å². The fourth-order valence-corrected chi connectivity index (χ4v) is 5.34. The van der Waals surface area contributed by atoms with Crippen LogP contribution in [0.3, 0.4) is 0 Å². The maximum Gasteiger partial charge on any atom is 0.151 e. The largest absolute Gasteiger partial charge is 0.375 e. The van der Waals surface area contributed by atoms with E-state index in [0.29, 0.717) is 0 Å². The molecule has 1 N–H and O–H groups in total. The second-order valence-electron chi connectivity index (χ2n) is 5.99. The van der Waals surface area contributed by atoms with Gasteiger partial charge in [0.2, 0.25) is 0 Å². The van der Waals surface area contributed by atoms with Crippen molar-refractivity contribution in [2.24, 2.45) is 0 Å². The van der Waals surface area contributed by atoms with Gasteiger partial charge in [0.05, 0.1) is 6.10 Å². The fraction of sp³-hybridized carbons (Fsp3) is 0.333. The second-order valence-corrected chi connectivity index (χ2v) is 10.1. The van der Waals surface area contributed by atoms with Gasteiger partial charge in [-0.15, -0.1) is 0 Å². The molecule has 0 radical (unpaired) electrons. The van der Waals surface area contributed by atoms with Crippen LogP contribution in [0.25, 0.3) is 0 Å². The number of nitrogens with one attached hydrogen (secondary N) is 1. The van der Waals surface area contributed by atoms with E-state index >= 15 is 0 Å². The highest BCUT2D eigenvalue weighted by atomic mass is 28.3. The normalized spacial score (nSPS) is 14.7. The second kappa shape index (κ2) is 7.03. The van der Waals surface area contributed by atoms with Crippen LogP contribution >= 0.6 is 0 Å². The first-order chi connectivity index (χ1) is 10.0. The van der Waals surface area contributed by atoms with Crippen LogP contribution in [0.4, 0.5) is 0 Å². The number of methoxy groups -OCH3 is 1. The lowest BCUT2D eigenvalue weighted by molar-refractivity contribution is 0.0799. The molecule has 0 bridgehead atoms. The maximum absolute atomic E-state index is 5.74. The van der Waals surface area contributed by atoms with E-state index in [9.17, 15) is 0 Å². The van der Waals surface area contributed by atoms with Gasteiger partial charge in [0.25, 0.3) is 0 Å². The standard InChI is InChI=1S/C18H25NOSi/c1-15(18(20-2)16-11-7-5-8-12-16)19-21(3,4)17-13-9-6-10-14-17/h5-15,18-19H,1-4H3/t15-,18-/m0/s1. The van der Waals surface area contributed by atoms with E-state index in [1.54, 1.807) is 7.11 Å². The van der Waals surface area contributed by atoms with Crippen molar-refractivity contribution in [1.82, 2.24) is 4.98 Å². The van der Waals surface area contributed by atoms with Crippen molar-refractivity contribution in [3.8, 4) is 0 Å². The van der Waals surface area contributed by atoms with E-state index in [4.69, 9.17) is 4.74 Å². The van der Waals surface area contributed by atoms with Crippen molar-refractivity contribution >= 4 is 13.4 Å². The van der Waals surface area contributed by atoms with Crippen LogP contribution in [0.1, 0.15) is 18.6 Å². The average molecular weight is 299 g/mol. The third-order valence-corrected chi connectivity index (χ3v) is 6.87. The van der Waals surface area contributed by atoms with Gasteiger partial charge >= 0.3 is 0 Å². The Morgan fingerprint density at radius 2 is 1.43 bits per heavy atom. The molecular formula is C18H25NOSi. The number of benzene rings is 2. The van der Waals surface area contributed by atoms with Crippen LogP contribution < -0.4 is 10.2 Å². The predicted molar refractivity (Wildman–Crippen MR) is 92.3 cm³/mol. The summed E-state index contributed by atoms with van der Waals surface area (Å²) in [6.07, 6.45) is 0.0710. The third-order valence-electron chi connectivity index (χ3n) is 3.92. The highest BCUT2D eigenvalue weighted by Crippen LogP contribution is 2.21. The van der Waals surface area contributed by atoms with Crippen molar-refractivity contribution < 1.29 is 4.74 Å². The lowest BCUT2D eigenvalue weighted by Gasteiger charge is -2.33. The summed E-state index contributed by atoms with van der Waals surface area (Å²) in [5.74, 6) is 0. The minimum absolute atomic E-state index is 0.0710. The first-order valence-corrected chi connectivity index (χ1v) is 10.5. The molecule has 112 valence electrons. The van der Waals surface area contributed by atoms with Gasteiger partial charge in [0, 0.05) is 13.2 Å². The zero-order valence-electron chi connectivity index (χ0n) is 13.3. The highest BCUT2D eigenvalue weighted by molar-refractivity contribution is 6.87. The summed E-state index contributed by atoms with van der Waals surface area (Å²) in [4.78, 5) is 3.84. The Balaban J connectivity index is 2.14. The van der Waals surface area contributed by atoms with Crippen LogP contribution in [-0.2, 0) is 4.74 Å². The van der Waals surface area contributed by atoms with Crippen molar-refractivity contribution in [1.29, 1.82) is 0 Å². The summed E-state index contributed by atoms with van der Waals surface area (Å²) in [7, 11) is 0.100. The van der Waals surface area contributed by atoms with E-state index in [-0.39, 0.29) is 12.1 Å². The molecule has 0 spiro atoms. The van der Waals surface area contributed by atoms with Crippen LogP contribution in [0, 0.1) is 0 Å². The molecule has 0 aliphatic heterocycles. The smallest absolute Gasteiger partial charge is 0.151 e. The van der Waals surface area contributed by atoms with E-state index in [2.05, 4.69) is 79.6 Å². The minimum atomic E-state index is -1.68. The highest BCUT2D eigenvalue weighted by Gasteiger charge is 2.29. The first kappa shape index (κ1) is 16.0. The fourth-order valence-electron chi connectivity index (χ4n) is 2.85. The minimum Gasteiger partial charge on any atom is -0.375 e. The summed E-state index contributed by atoms with van der Waals surface area (Å²) in [6, 6.07) is 21.4. The van der Waals surface area contributed by atoms with Gasteiger partial charge in [0.15, 0.2) is 8.24 Å². The summed E-state index contributed by atoms with van der Waals surface area (Å²) in [5, 5.41) is 1.42. The quantitative estimate of drug-likeness (QED) is 0.825. The van der Waals surface area contributed by atoms with E-state index < -0.39 is 8.24 Å². The van der Waals surface area contributed by atoms with E-state index in [1.165, 1.54) is 10.8 Å². The number of ether oxygens (including phenoxy) is 1. The lowest BCUT2D eigenvalue weighted by Crippen LogP contribution is -2.59. The van der Waals surface area contributed by atoms with Crippen LogP contribution in [-0.4, -0.2) is 21.4 Å². The lowest BCUT2D eigenvalue weighted by atomic mass is 10.0. The summed E-state index contributed by atoms with van der Waals surface area (Å²) in [6.45, 7) is 6.89. The Bertz CT molecular complexity index is 542. The topological polar surface area (TPSA) is 21.3 Å². The summed E-state index contributed by atoms with van der Waals surface area (Å²) < 4.78 is 5.74. The van der Waals surface area contributed by atoms with Gasteiger partial charge in [-0.05, 0) is 17.7 Å². The molecule has 0 saturated heterocycles. The molecule has 0 saturated carbocycles. The van der Waals surface area contributed by atoms with Crippen LogP contribution in [0.2, 0.25) is 13.1 Å². The van der Waals surface area contributed by atoms with E-state index in [0.717, 1.165) is 0 Å². The van der Waals surface area contributed by atoms with Gasteiger partial charge in [-0.3, -0.25) is 0 Å². The molecule has 2 aromatic rings. The Kier molecular flexibility index (Phi) is 5.34. The molecule has 2 atom stereocenters. The summed E-state index contributed by atoms with van der Waals surface area (Å²) >= 11 is 0. The zero-order chi connectivity index (χ0) is 15.3. The molecule has 0 fully saturated rings. The van der Waals surface area contributed by atoms with Gasteiger partial charge in [-0.25, -0.2) is 0 Å². The molecule has 2 aromatic carbocycles. The molecule has 2 rings (SSSR count). The van der Waals surface area contributed by atoms with Crippen molar-refractivity contribution in [2.45, 2.75) is 32.2 Å². The SMILES string of the molecule is CO[C@H](c1ccccc1)[C@H](C)N[Si](C)(C)c1ccccc1. The molecule has 3 heteroatoms. The van der Waals surface area contributed by atoms with Gasteiger partial charge in [0.1, 0.15) is 0 Å². The Labute approximate surface area is 129 Å². The molecule has 0 aliphatic rings. The average Bonchev–Trinajstić information content (AvgIpc) is 2.49. The molecular weight excluding hydrogens is 274 g/mol. The summed E-state index contributed by atoms with van der Waals surface area (Å²) in [5.41, 5.74) is 1.22. The molecule has 0 amide bonds. The zero-order valence-corrected chi connectivity index (χ0v) is 14.3. The van der Waals surface area contributed by atoms with Crippen molar-refractivity contribution in [2.75, 3.05) is 7.11 Å². The Hall–Kier alpha value is -1.42. The number of hydrogen-bond donors (Lipinski definition) is 1. The van der Waals surface area contributed by atoms with Crippen molar-refractivity contribution in [3.63, 3.8) is 0 Å². The Morgan fingerprint density at radius 3 is 1.95 bits per heavy atom. The monoisotopic (exact) mass is 299 g/mol. The predicted octanol–water partition coefficient (Wildman–Crippen LogP) is 3.46. The molecule has 21 heavy (non-hydrogen) atoms. The van der Waals surface area contributed by atoms with Crippen molar-refractivity contribution in [3.05, 3.63) is 66.2 Å². The molecule has 2 nitrogen and oxygen atoms in total.